The minimum Gasteiger partial charge on any atom is -0.459 e. The van der Waals surface area contributed by atoms with E-state index in [0.29, 0.717) is 0 Å². The van der Waals surface area contributed by atoms with Crippen molar-refractivity contribution in [2.45, 2.75) is 6.10 Å². The van der Waals surface area contributed by atoms with Gasteiger partial charge in [0.15, 0.2) is 5.76 Å². The molecule has 1 amide bonds. The molecular weight excluding hydrogens is 256 g/mol. The van der Waals surface area contributed by atoms with E-state index in [1.807, 2.05) is 0 Å². The first-order valence-corrected chi connectivity index (χ1v) is 5.52. The van der Waals surface area contributed by atoms with E-state index in [9.17, 15) is 18.7 Å². The molecule has 2 rings (SSSR count). The molecule has 2 N–H and O–H groups in total. The summed E-state index contributed by atoms with van der Waals surface area (Å²) in [6, 6.07) is 5.75. The lowest BCUT2D eigenvalue weighted by molar-refractivity contribution is 0.0886. The van der Waals surface area contributed by atoms with Crippen molar-refractivity contribution in [1.82, 2.24) is 5.32 Å². The highest BCUT2D eigenvalue weighted by molar-refractivity contribution is 5.91. The third kappa shape index (κ3) is 3.17. The topological polar surface area (TPSA) is 62.5 Å². The summed E-state index contributed by atoms with van der Waals surface area (Å²) in [5.74, 6) is -1.86. The van der Waals surface area contributed by atoms with E-state index in [1.165, 1.54) is 18.4 Å². The fourth-order valence-electron chi connectivity index (χ4n) is 1.56. The Bertz CT molecular complexity index is 569. The van der Waals surface area contributed by atoms with Crippen molar-refractivity contribution in [3.63, 3.8) is 0 Å². The van der Waals surface area contributed by atoms with Crippen LogP contribution in [-0.4, -0.2) is 17.6 Å². The number of rotatable bonds is 4. The summed E-state index contributed by atoms with van der Waals surface area (Å²) in [6.07, 6.45) is -0.00739. The van der Waals surface area contributed by atoms with Crippen LogP contribution in [0, 0.1) is 11.6 Å². The molecule has 0 spiro atoms. The molecule has 4 nitrogen and oxygen atoms in total. The number of amides is 1. The van der Waals surface area contributed by atoms with Crippen molar-refractivity contribution in [1.29, 1.82) is 0 Å². The fourth-order valence-corrected chi connectivity index (χ4v) is 1.56. The predicted octanol–water partition coefficient (Wildman–Crippen LogP) is 2.02. The van der Waals surface area contributed by atoms with Gasteiger partial charge in [0, 0.05) is 12.1 Å². The van der Waals surface area contributed by atoms with Crippen LogP contribution in [0.4, 0.5) is 8.78 Å². The lowest BCUT2D eigenvalue weighted by Gasteiger charge is -2.12. The molecule has 1 unspecified atom stereocenters. The molecule has 0 fully saturated rings. The summed E-state index contributed by atoms with van der Waals surface area (Å²) in [4.78, 5) is 11.5. The quantitative estimate of drug-likeness (QED) is 0.890. The maximum absolute atomic E-state index is 13.4. The monoisotopic (exact) mass is 267 g/mol. The van der Waals surface area contributed by atoms with Crippen LogP contribution in [0.1, 0.15) is 22.2 Å². The Kier molecular flexibility index (Phi) is 3.91. The maximum Gasteiger partial charge on any atom is 0.287 e. The Morgan fingerprint density at radius 3 is 2.84 bits per heavy atom. The van der Waals surface area contributed by atoms with Crippen LogP contribution >= 0.6 is 0 Å². The van der Waals surface area contributed by atoms with Crippen LogP contribution in [0.25, 0.3) is 0 Å². The molecule has 0 aliphatic heterocycles. The highest BCUT2D eigenvalue weighted by atomic mass is 19.1. The zero-order chi connectivity index (χ0) is 13.8. The van der Waals surface area contributed by atoms with Crippen molar-refractivity contribution in [3.05, 3.63) is 59.6 Å². The number of aliphatic hydroxyl groups excluding tert-OH is 1. The fraction of sp³-hybridized carbons (Fsp3) is 0.154. The van der Waals surface area contributed by atoms with Gasteiger partial charge >= 0.3 is 0 Å². The van der Waals surface area contributed by atoms with Crippen LogP contribution in [0.3, 0.4) is 0 Å². The molecule has 1 aromatic heterocycles. The van der Waals surface area contributed by atoms with Crippen LogP contribution in [0.2, 0.25) is 0 Å². The van der Waals surface area contributed by atoms with E-state index in [4.69, 9.17) is 4.42 Å². The Hall–Kier alpha value is -2.21. The molecule has 19 heavy (non-hydrogen) atoms. The number of carbonyl (C=O) groups is 1. The van der Waals surface area contributed by atoms with E-state index in [0.717, 1.165) is 18.2 Å². The largest absolute Gasteiger partial charge is 0.459 e. The third-order valence-electron chi connectivity index (χ3n) is 2.52. The Morgan fingerprint density at radius 1 is 1.37 bits per heavy atom. The molecule has 1 atom stereocenters. The second-order valence-corrected chi connectivity index (χ2v) is 3.87. The zero-order valence-corrected chi connectivity index (χ0v) is 9.77. The maximum atomic E-state index is 13.4. The van der Waals surface area contributed by atoms with Gasteiger partial charge in [-0.25, -0.2) is 8.78 Å². The van der Waals surface area contributed by atoms with Crippen LogP contribution in [-0.2, 0) is 0 Å². The molecule has 1 aromatic carbocycles. The highest BCUT2D eigenvalue weighted by Crippen LogP contribution is 2.17. The molecule has 0 aliphatic rings. The van der Waals surface area contributed by atoms with Gasteiger partial charge in [-0.05, 0) is 30.3 Å². The van der Waals surface area contributed by atoms with Crippen LogP contribution in [0.15, 0.2) is 41.0 Å². The molecule has 0 bridgehead atoms. The first kappa shape index (κ1) is 13.2. The Morgan fingerprint density at radius 2 is 2.16 bits per heavy atom. The highest BCUT2D eigenvalue weighted by Gasteiger charge is 2.16. The number of hydrogen-bond donors (Lipinski definition) is 2. The second-order valence-electron chi connectivity index (χ2n) is 3.87. The molecule has 1 heterocycles. The summed E-state index contributed by atoms with van der Waals surface area (Å²) < 4.78 is 31.2. The summed E-state index contributed by atoms with van der Waals surface area (Å²) in [5, 5.41) is 12.1. The lowest BCUT2D eigenvalue weighted by atomic mass is 10.1. The van der Waals surface area contributed by atoms with Gasteiger partial charge in [0.1, 0.15) is 11.6 Å². The van der Waals surface area contributed by atoms with Gasteiger partial charge in [0.25, 0.3) is 5.91 Å². The van der Waals surface area contributed by atoms with E-state index in [2.05, 4.69) is 5.32 Å². The van der Waals surface area contributed by atoms with Crippen LogP contribution in [0.5, 0.6) is 0 Å². The van der Waals surface area contributed by atoms with Crippen molar-refractivity contribution >= 4 is 5.91 Å². The summed E-state index contributed by atoms with van der Waals surface area (Å²) in [6.45, 7) is -0.250. The van der Waals surface area contributed by atoms with Gasteiger partial charge in [0.05, 0.1) is 12.4 Å². The van der Waals surface area contributed by atoms with Crippen molar-refractivity contribution in [2.24, 2.45) is 0 Å². The normalized spacial score (nSPS) is 12.2. The summed E-state index contributed by atoms with van der Waals surface area (Å²) in [7, 11) is 0. The average molecular weight is 267 g/mol. The third-order valence-corrected chi connectivity index (χ3v) is 2.52. The number of aliphatic hydroxyl groups is 1. The standard InChI is InChI=1S/C13H11F2NO3/c14-8-3-4-10(15)9(6-8)11(17)7-16-13(18)12-2-1-5-19-12/h1-6,11,17H,7H2,(H,16,18). The zero-order valence-electron chi connectivity index (χ0n) is 9.77. The SMILES string of the molecule is O=C(NCC(O)c1cc(F)ccc1F)c1ccco1. The number of carbonyl (C=O) groups excluding carboxylic acids is 1. The van der Waals surface area contributed by atoms with Gasteiger partial charge in [-0.15, -0.1) is 0 Å². The molecule has 0 aliphatic carbocycles. The van der Waals surface area contributed by atoms with E-state index < -0.39 is 23.6 Å². The van der Waals surface area contributed by atoms with Gasteiger partial charge in [-0.2, -0.15) is 0 Å². The smallest absolute Gasteiger partial charge is 0.287 e. The van der Waals surface area contributed by atoms with E-state index >= 15 is 0 Å². The molecule has 100 valence electrons. The van der Waals surface area contributed by atoms with Crippen molar-refractivity contribution in [2.75, 3.05) is 6.54 Å². The molecule has 6 heteroatoms. The number of hydrogen-bond acceptors (Lipinski definition) is 3. The number of furan rings is 1. The predicted molar refractivity (Wildman–Crippen MR) is 62.4 cm³/mol. The second kappa shape index (κ2) is 5.62. The van der Waals surface area contributed by atoms with Gasteiger partial charge < -0.3 is 14.8 Å². The Labute approximate surface area is 107 Å². The first-order chi connectivity index (χ1) is 9.08. The summed E-state index contributed by atoms with van der Waals surface area (Å²) in [5.41, 5.74) is -0.209. The first-order valence-electron chi connectivity index (χ1n) is 5.52. The number of benzene rings is 1. The van der Waals surface area contributed by atoms with Gasteiger partial charge in [0.2, 0.25) is 0 Å². The average Bonchev–Trinajstić information content (AvgIpc) is 2.92. The summed E-state index contributed by atoms with van der Waals surface area (Å²) >= 11 is 0. The molecule has 2 aromatic rings. The van der Waals surface area contributed by atoms with Crippen LogP contribution < -0.4 is 5.32 Å². The van der Waals surface area contributed by atoms with E-state index in [1.54, 1.807) is 0 Å². The molecule has 0 saturated heterocycles. The minimum atomic E-state index is -1.34. The minimum absolute atomic E-state index is 0.0758. The van der Waals surface area contributed by atoms with Gasteiger partial charge in [-0.1, -0.05) is 0 Å². The Balaban J connectivity index is 1.99. The van der Waals surface area contributed by atoms with Gasteiger partial charge in [-0.3, -0.25) is 4.79 Å². The van der Waals surface area contributed by atoms with E-state index in [-0.39, 0.29) is 17.9 Å². The molecule has 0 radical (unpaired) electrons. The number of nitrogens with one attached hydrogen (secondary N) is 1. The van der Waals surface area contributed by atoms with Crippen molar-refractivity contribution in [3.8, 4) is 0 Å². The number of halogens is 2. The molecule has 0 saturated carbocycles. The molecular formula is C13H11F2NO3. The lowest BCUT2D eigenvalue weighted by Crippen LogP contribution is -2.28. The van der Waals surface area contributed by atoms with Crippen molar-refractivity contribution < 1.29 is 23.1 Å².